The zero-order chi connectivity index (χ0) is 52.2. The topological polar surface area (TPSA) is 105 Å². The molecule has 1 saturated carbocycles. The van der Waals surface area contributed by atoms with Crippen LogP contribution in [0.3, 0.4) is 0 Å². The Balaban J connectivity index is 1.46. The van der Waals surface area contributed by atoms with Gasteiger partial charge in [0.25, 0.3) is 0 Å². The minimum Gasteiger partial charge on any atom is -0.493 e. The summed E-state index contributed by atoms with van der Waals surface area (Å²) >= 11 is 0. The van der Waals surface area contributed by atoms with E-state index >= 15 is 13.2 Å². The number of benzene rings is 3. The minimum absolute atomic E-state index is 0.00126. The number of hydrogen-bond acceptors (Lipinski definition) is 10. The number of carbonyl (C=O) groups excluding carboxylic acids is 1. The second-order valence-electron chi connectivity index (χ2n) is 23.6. The molecule has 0 radical (unpaired) electrons. The molecule has 3 fully saturated rings. The lowest BCUT2D eigenvalue weighted by atomic mass is 9.70. The standard InChI is InChI=1S/C55H77F3N4O7Si2/c1-33(2)71(34(3)4,35(5)6)25-22-40-42(56)21-18-36-26-39(67-32-64-13)27-41(43(36)40)44-46(57)48-45(49(65-14)47(44)58)50(61-28-37-19-20-38(29-61)62(37)52(63)69-53(7,8)9)60-51(59-48)66-30-55(23-17-24-55)31-68-70(15,16)54(10,11)12/h18,21,26-27,33-35,37-38H,17,19-20,23-24,28-32H2,1-16H3. The van der Waals surface area contributed by atoms with Gasteiger partial charge in [-0.1, -0.05) is 80.7 Å². The Bertz CT molecular complexity index is 2670. The Hall–Kier alpha value is -4.57. The van der Waals surface area contributed by atoms with Crippen LogP contribution in [0.1, 0.15) is 121 Å². The number of amides is 1. The van der Waals surface area contributed by atoms with Crippen molar-refractivity contribution in [3.8, 4) is 40.1 Å². The third kappa shape index (κ3) is 10.5. The maximum atomic E-state index is 18.4. The number of hydrogen-bond donors (Lipinski definition) is 0. The molecule has 388 valence electrons. The molecule has 3 aliphatic rings. The lowest BCUT2D eigenvalue weighted by Gasteiger charge is -2.45. The molecule has 4 aromatic rings. The van der Waals surface area contributed by atoms with Gasteiger partial charge in [0.2, 0.25) is 0 Å². The number of methoxy groups -OCH3 is 2. The van der Waals surface area contributed by atoms with E-state index in [9.17, 15) is 4.79 Å². The number of anilines is 1. The van der Waals surface area contributed by atoms with E-state index in [1.807, 2.05) is 25.7 Å². The number of fused-ring (bicyclic) bond motifs is 4. The van der Waals surface area contributed by atoms with Crippen LogP contribution in [0.25, 0.3) is 32.8 Å². The van der Waals surface area contributed by atoms with Crippen molar-refractivity contribution in [1.29, 1.82) is 0 Å². The summed E-state index contributed by atoms with van der Waals surface area (Å²) in [6, 6.07) is 5.46. The molecule has 2 saturated heterocycles. The third-order valence-corrected chi connectivity index (χ3v) is 26.7. The molecule has 1 aliphatic carbocycles. The van der Waals surface area contributed by atoms with Gasteiger partial charge in [-0.15, -0.1) is 5.54 Å². The molecule has 3 aromatic carbocycles. The molecular formula is C55H77F3N4O7Si2. The molecule has 3 heterocycles. The highest BCUT2D eigenvalue weighted by atomic mass is 28.4. The highest BCUT2D eigenvalue weighted by Gasteiger charge is 2.47. The van der Waals surface area contributed by atoms with E-state index in [1.54, 1.807) is 17.0 Å². The van der Waals surface area contributed by atoms with E-state index in [-0.39, 0.29) is 103 Å². The fourth-order valence-corrected chi connectivity index (χ4v) is 17.3. The summed E-state index contributed by atoms with van der Waals surface area (Å²) in [6.45, 7) is 30.8. The molecule has 11 nitrogen and oxygen atoms in total. The van der Waals surface area contributed by atoms with E-state index in [2.05, 4.69) is 86.9 Å². The van der Waals surface area contributed by atoms with Gasteiger partial charge in [0, 0.05) is 43.2 Å². The summed E-state index contributed by atoms with van der Waals surface area (Å²) in [5.41, 5.74) is 2.65. The summed E-state index contributed by atoms with van der Waals surface area (Å²) < 4.78 is 89.3. The van der Waals surface area contributed by atoms with Gasteiger partial charge in [0.1, 0.15) is 36.6 Å². The summed E-state index contributed by atoms with van der Waals surface area (Å²) in [4.78, 5) is 27.1. The van der Waals surface area contributed by atoms with Crippen LogP contribution in [-0.4, -0.2) is 102 Å². The second kappa shape index (κ2) is 20.4. The molecule has 16 heteroatoms. The van der Waals surface area contributed by atoms with E-state index in [0.29, 0.717) is 37.9 Å². The molecule has 2 atom stereocenters. The third-order valence-electron chi connectivity index (χ3n) is 15.9. The molecule has 0 spiro atoms. The fraction of sp³-hybridized carbons (Fsp3) is 0.618. The average molecular weight is 1020 g/mol. The number of carbonyl (C=O) groups is 1. The van der Waals surface area contributed by atoms with Crippen LogP contribution in [0.5, 0.6) is 17.5 Å². The maximum Gasteiger partial charge on any atom is 0.410 e. The number of aromatic nitrogens is 2. The largest absolute Gasteiger partial charge is 0.493 e. The number of piperazine rings is 1. The predicted molar refractivity (Wildman–Crippen MR) is 281 cm³/mol. The minimum atomic E-state index is -2.43. The van der Waals surface area contributed by atoms with E-state index in [4.69, 9.17) is 38.1 Å². The fourth-order valence-electron chi connectivity index (χ4n) is 11.0. The smallest absolute Gasteiger partial charge is 0.410 e. The van der Waals surface area contributed by atoms with Crippen molar-refractivity contribution < 1.29 is 46.1 Å². The van der Waals surface area contributed by atoms with Crippen LogP contribution in [-0.2, 0) is 13.9 Å². The van der Waals surface area contributed by atoms with Gasteiger partial charge in [-0.2, -0.15) is 9.97 Å². The normalized spacial score (nSPS) is 18.3. The first-order valence-electron chi connectivity index (χ1n) is 25.4. The highest BCUT2D eigenvalue weighted by Crippen LogP contribution is 2.49. The first-order chi connectivity index (χ1) is 33.2. The van der Waals surface area contributed by atoms with Gasteiger partial charge in [-0.05, 0) is 105 Å². The summed E-state index contributed by atoms with van der Waals surface area (Å²) in [7, 11) is -1.75. The van der Waals surface area contributed by atoms with Crippen LogP contribution >= 0.6 is 0 Å². The molecule has 7 rings (SSSR count). The van der Waals surface area contributed by atoms with Crippen molar-refractivity contribution in [3.05, 3.63) is 47.3 Å². The molecule has 2 bridgehead atoms. The zero-order valence-corrected chi connectivity index (χ0v) is 47.0. The Labute approximate surface area is 422 Å². The SMILES string of the molecule is COCOc1cc(-c2c(F)c(OC)c3c(N4CC5CCC(C4)N5C(=O)OC(C)(C)C)nc(OCC4(CO[Si](C)(C)C(C)(C)C)CCC4)nc3c2F)c2c(C#C[Si](C(C)C)(C(C)C)C(C)C)c(F)ccc2c1. The molecule has 0 N–H and O–H groups in total. The summed E-state index contributed by atoms with van der Waals surface area (Å²) in [6.07, 6.45) is 3.78. The van der Waals surface area contributed by atoms with Crippen molar-refractivity contribution in [2.75, 3.05) is 52.2 Å². The van der Waals surface area contributed by atoms with Gasteiger partial charge in [0.05, 0.1) is 42.3 Å². The van der Waals surface area contributed by atoms with E-state index < -0.39 is 51.1 Å². The van der Waals surface area contributed by atoms with E-state index in [1.165, 1.54) is 26.4 Å². The lowest BCUT2D eigenvalue weighted by Crippen LogP contribution is -2.57. The van der Waals surface area contributed by atoms with Crippen LogP contribution in [0.4, 0.5) is 23.8 Å². The molecule has 1 aromatic heterocycles. The Morgan fingerprint density at radius 1 is 0.859 bits per heavy atom. The Morgan fingerprint density at radius 3 is 2.03 bits per heavy atom. The van der Waals surface area contributed by atoms with Crippen LogP contribution in [0, 0.1) is 34.3 Å². The number of ether oxygens (including phenoxy) is 5. The molecule has 71 heavy (non-hydrogen) atoms. The Kier molecular flexibility index (Phi) is 15.6. The number of nitrogens with zero attached hydrogens (tertiary/aromatic N) is 4. The predicted octanol–water partition coefficient (Wildman–Crippen LogP) is 13.6. The average Bonchev–Trinajstić information content (AvgIpc) is 3.53. The van der Waals surface area contributed by atoms with Gasteiger partial charge in [-0.25, -0.2) is 18.0 Å². The van der Waals surface area contributed by atoms with Crippen molar-refractivity contribution in [1.82, 2.24) is 14.9 Å². The number of halogens is 3. The zero-order valence-electron chi connectivity index (χ0n) is 45.0. The van der Waals surface area contributed by atoms with Crippen molar-refractivity contribution in [2.45, 2.75) is 168 Å². The first-order valence-corrected chi connectivity index (χ1v) is 30.5. The van der Waals surface area contributed by atoms with Crippen molar-refractivity contribution in [2.24, 2.45) is 5.41 Å². The maximum absolute atomic E-state index is 18.4. The quantitative estimate of drug-likeness (QED) is 0.0649. The highest BCUT2D eigenvalue weighted by molar-refractivity contribution is 6.90. The molecule has 2 aliphatic heterocycles. The van der Waals surface area contributed by atoms with Gasteiger partial charge < -0.3 is 33.0 Å². The lowest BCUT2D eigenvalue weighted by molar-refractivity contribution is 0.00197. The summed E-state index contributed by atoms with van der Waals surface area (Å²) in [5.74, 6) is 0.759. The Morgan fingerprint density at radius 2 is 1.49 bits per heavy atom. The summed E-state index contributed by atoms with van der Waals surface area (Å²) in [5, 5.41) is 0.690. The number of rotatable bonds is 15. The van der Waals surface area contributed by atoms with Gasteiger partial charge in [0.15, 0.2) is 32.5 Å². The van der Waals surface area contributed by atoms with Crippen LogP contribution < -0.4 is 19.1 Å². The van der Waals surface area contributed by atoms with Crippen LogP contribution in [0.2, 0.25) is 34.8 Å². The van der Waals surface area contributed by atoms with Crippen molar-refractivity contribution >= 4 is 50.0 Å². The van der Waals surface area contributed by atoms with E-state index in [0.717, 1.165) is 19.3 Å². The van der Waals surface area contributed by atoms with Crippen LogP contribution in [0.15, 0.2) is 24.3 Å². The monoisotopic (exact) mass is 1020 g/mol. The molecule has 1 amide bonds. The first kappa shape index (κ1) is 54.2. The molecular weight excluding hydrogens is 942 g/mol. The van der Waals surface area contributed by atoms with Gasteiger partial charge >= 0.3 is 12.1 Å². The molecule has 2 unspecified atom stereocenters. The second-order valence-corrected chi connectivity index (χ2v) is 34.0. The van der Waals surface area contributed by atoms with Gasteiger partial charge in [-0.3, -0.25) is 4.90 Å². The van der Waals surface area contributed by atoms with Crippen molar-refractivity contribution in [3.63, 3.8) is 0 Å².